The second-order valence-corrected chi connectivity index (χ2v) is 9.19. The van der Waals surface area contributed by atoms with Crippen molar-refractivity contribution in [3.05, 3.63) is 0 Å². The summed E-state index contributed by atoms with van der Waals surface area (Å²) in [6.45, 7) is 4.26. The molecule has 0 unspecified atom stereocenters. The van der Waals surface area contributed by atoms with Crippen molar-refractivity contribution in [2.75, 3.05) is 0 Å². The van der Waals surface area contributed by atoms with Gasteiger partial charge in [0.15, 0.2) is 0 Å². The van der Waals surface area contributed by atoms with Gasteiger partial charge in [-0.05, 0) is 99.7 Å². The Bertz CT molecular complexity index is 459. The minimum atomic E-state index is -0.0276. The zero-order valence-corrected chi connectivity index (χ0v) is 14.3. The van der Waals surface area contributed by atoms with E-state index in [1.165, 1.54) is 38.5 Å². The molecule has 0 saturated heterocycles. The van der Waals surface area contributed by atoms with Gasteiger partial charge in [-0.1, -0.05) is 6.92 Å². The number of fused-ring (bicyclic) bond motifs is 5. The third kappa shape index (κ3) is 2.12. The lowest BCUT2D eigenvalue weighted by molar-refractivity contribution is -0.128. The third-order valence-electron chi connectivity index (χ3n) is 8.42. The molecule has 0 spiro atoms. The molecule has 0 bridgehead atoms. The maximum atomic E-state index is 12.1. The second-order valence-electron chi connectivity index (χ2n) is 9.19. The van der Waals surface area contributed by atoms with Crippen molar-refractivity contribution in [2.45, 2.75) is 77.7 Å². The smallest absolute Gasteiger partial charge is 0.133 e. The van der Waals surface area contributed by atoms with Crippen LogP contribution in [0.25, 0.3) is 0 Å². The minimum Gasteiger partial charge on any atom is -0.393 e. The van der Waals surface area contributed by atoms with E-state index in [9.17, 15) is 9.90 Å². The van der Waals surface area contributed by atoms with E-state index in [2.05, 4.69) is 6.92 Å². The molecule has 0 aromatic carbocycles. The van der Waals surface area contributed by atoms with Crippen LogP contribution in [-0.4, -0.2) is 17.0 Å². The molecule has 0 radical (unpaired) electrons. The molecule has 0 aromatic rings. The Labute approximate surface area is 135 Å². The van der Waals surface area contributed by atoms with Gasteiger partial charge in [-0.2, -0.15) is 0 Å². The molecule has 0 aliphatic heterocycles. The average molecular weight is 304 g/mol. The summed E-state index contributed by atoms with van der Waals surface area (Å²) in [5.74, 6) is 5.02. The van der Waals surface area contributed by atoms with Gasteiger partial charge in [-0.15, -0.1) is 0 Å². The topological polar surface area (TPSA) is 37.3 Å². The van der Waals surface area contributed by atoms with Crippen LogP contribution in [0.5, 0.6) is 0 Å². The highest BCUT2D eigenvalue weighted by Crippen LogP contribution is 2.64. The van der Waals surface area contributed by atoms with Crippen LogP contribution in [0.15, 0.2) is 0 Å². The minimum absolute atomic E-state index is 0.0276. The van der Waals surface area contributed by atoms with Crippen LogP contribution in [0.3, 0.4) is 0 Å². The summed E-state index contributed by atoms with van der Waals surface area (Å²) in [5, 5.41) is 9.99. The van der Waals surface area contributed by atoms with E-state index in [1.807, 2.05) is 6.92 Å². The molecule has 4 aliphatic rings. The van der Waals surface area contributed by atoms with E-state index in [-0.39, 0.29) is 6.10 Å². The van der Waals surface area contributed by atoms with Crippen LogP contribution in [0.4, 0.5) is 0 Å². The molecule has 1 N–H and O–H groups in total. The number of ketones is 1. The van der Waals surface area contributed by atoms with Crippen molar-refractivity contribution >= 4 is 5.78 Å². The molecule has 124 valence electrons. The molecule has 2 nitrogen and oxygen atoms in total. The van der Waals surface area contributed by atoms with Gasteiger partial charge in [0.1, 0.15) is 5.78 Å². The predicted molar refractivity (Wildman–Crippen MR) is 87.3 cm³/mol. The van der Waals surface area contributed by atoms with Crippen molar-refractivity contribution in [1.82, 2.24) is 0 Å². The van der Waals surface area contributed by atoms with Crippen LogP contribution in [0, 0.1) is 40.9 Å². The summed E-state index contributed by atoms with van der Waals surface area (Å²) >= 11 is 0. The zero-order chi connectivity index (χ0) is 15.5. The van der Waals surface area contributed by atoms with Crippen molar-refractivity contribution in [3.63, 3.8) is 0 Å². The van der Waals surface area contributed by atoms with E-state index >= 15 is 0 Å². The van der Waals surface area contributed by atoms with E-state index in [0.717, 1.165) is 48.9 Å². The number of carbonyl (C=O) groups is 1. The summed E-state index contributed by atoms with van der Waals surface area (Å²) in [5.41, 5.74) is 0.300. The molecule has 4 fully saturated rings. The molecule has 4 rings (SSSR count). The number of hydrogen-bond donors (Lipinski definition) is 1. The summed E-state index contributed by atoms with van der Waals surface area (Å²) in [4.78, 5) is 12.1. The second kappa shape index (κ2) is 5.33. The molecule has 0 heterocycles. The Morgan fingerprint density at radius 3 is 2.50 bits per heavy atom. The van der Waals surface area contributed by atoms with Crippen molar-refractivity contribution in [3.8, 4) is 0 Å². The molecule has 0 amide bonds. The number of rotatable bonds is 1. The number of Topliss-reactive ketones (excluding diaryl/α,β-unsaturated/α-hetero) is 1. The van der Waals surface area contributed by atoms with Crippen LogP contribution < -0.4 is 0 Å². The highest BCUT2D eigenvalue weighted by molar-refractivity contribution is 5.79. The molecule has 2 heteroatoms. The first-order chi connectivity index (χ1) is 10.5. The SMILES string of the molecule is CC(=O)[C@H]1CC[C@H]2[C@@H]3CC[C@@H]4C[C@@H](O)CC[C@@H]4[C@H]3CC[C@]12C. The normalized spacial score (nSPS) is 54.2. The Kier molecular flexibility index (Phi) is 3.67. The van der Waals surface area contributed by atoms with Crippen LogP contribution in [0.1, 0.15) is 71.6 Å². The highest BCUT2D eigenvalue weighted by Gasteiger charge is 2.57. The van der Waals surface area contributed by atoms with E-state index in [4.69, 9.17) is 0 Å². The van der Waals surface area contributed by atoms with Gasteiger partial charge in [0.05, 0.1) is 6.10 Å². The van der Waals surface area contributed by atoms with Crippen molar-refractivity contribution < 1.29 is 9.90 Å². The lowest BCUT2D eigenvalue weighted by Crippen LogP contribution is -2.49. The first kappa shape index (κ1) is 15.2. The Balaban J connectivity index is 1.56. The van der Waals surface area contributed by atoms with E-state index in [0.29, 0.717) is 17.1 Å². The fourth-order valence-corrected chi connectivity index (χ4v) is 7.50. The maximum Gasteiger partial charge on any atom is 0.133 e. The summed E-state index contributed by atoms with van der Waals surface area (Å²) in [7, 11) is 0. The van der Waals surface area contributed by atoms with Gasteiger partial charge in [-0.3, -0.25) is 4.79 Å². The van der Waals surface area contributed by atoms with Crippen LogP contribution in [-0.2, 0) is 4.79 Å². The fourth-order valence-electron chi connectivity index (χ4n) is 7.50. The maximum absolute atomic E-state index is 12.1. The van der Waals surface area contributed by atoms with Gasteiger partial charge in [0.25, 0.3) is 0 Å². The molecule has 0 aromatic heterocycles. The van der Waals surface area contributed by atoms with E-state index < -0.39 is 0 Å². The van der Waals surface area contributed by atoms with Gasteiger partial charge in [0.2, 0.25) is 0 Å². The Morgan fingerprint density at radius 1 is 0.955 bits per heavy atom. The lowest BCUT2D eigenvalue weighted by Gasteiger charge is -2.56. The van der Waals surface area contributed by atoms with Crippen molar-refractivity contribution in [2.24, 2.45) is 40.9 Å². The van der Waals surface area contributed by atoms with Gasteiger partial charge in [-0.25, -0.2) is 0 Å². The summed E-state index contributed by atoms with van der Waals surface area (Å²) in [6.07, 6.45) is 11.1. The lowest BCUT2D eigenvalue weighted by atomic mass is 9.49. The molecule has 22 heavy (non-hydrogen) atoms. The van der Waals surface area contributed by atoms with Gasteiger partial charge >= 0.3 is 0 Å². The molecule has 4 aliphatic carbocycles. The third-order valence-corrected chi connectivity index (χ3v) is 8.42. The number of aliphatic hydroxyl groups is 1. The van der Waals surface area contributed by atoms with Gasteiger partial charge in [0, 0.05) is 5.92 Å². The van der Waals surface area contributed by atoms with Gasteiger partial charge < -0.3 is 5.11 Å². The fraction of sp³-hybridized carbons (Fsp3) is 0.950. The number of hydrogen-bond acceptors (Lipinski definition) is 2. The Morgan fingerprint density at radius 2 is 1.73 bits per heavy atom. The monoisotopic (exact) mass is 304 g/mol. The Hall–Kier alpha value is -0.370. The molecule has 4 saturated carbocycles. The molecule has 8 atom stereocenters. The first-order valence-electron chi connectivity index (χ1n) is 9.69. The average Bonchev–Trinajstić information content (AvgIpc) is 2.84. The predicted octanol–water partition coefficient (Wildman–Crippen LogP) is 4.21. The summed E-state index contributed by atoms with van der Waals surface area (Å²) < 4.78 is 0. The van der Waals surface area contributed by atoms with Crippen LogP contribution >= 0.6 is 0 Å². The zero-order valence-electron chi connectivity index (χ0n) is 14.3. The molecular formula is C20H32O2. The van der Waals surface area contributed by atoms with E-state index in [1.54, 1.807) is 0 Å². The standard InChI is InChI=1S/C20H32O2/c1-12(21)18-7-8-19-17-5-3-13-11-14(22)4-6-15(13)16(17)9-10-20(18,19)2/h13-19,22H,3-11H2,1-2H3/t13-,14+,15+,16-,17-,18-,19+,20-/m1/s1. The largest absolute Gasteiger partial charge is 0.393 e. The number of carbonyl (C=O) groups excluding carboxylic acids is 1. The quantitative estimate of drug-likeness (QED) is 0.788. The van der Waals surface area contributed by atoms with Crippen molar-refractivity contribution in [1.29, 1.82) is 0 Å². The molecular weight excluding hydrogens is 272 g/mol. The highest BCUT2D eigenvalue weighted by atomic mass is 16.3. The summed E-state index contributed by atoms with van der Waals surface area (Å²) in [6, 6.07) is 0. The number of aliphatic hydroxyl groups excluding tert-OH is 1. The van der Waals surface area contributed by atoms with Crippen LogP contribution in [0.2, 0.25) is 0 Å². The first-order valence-corrected chi connectivity index (χ1v) is 9.69.